The smallest absolute Gasteiger partial charge is 0.295 e. The molecule has 2 rings (SSSR count). The van der Waals surface area contributed by atoms with Crippen LogP contribution in [0.15, 0.2) is 39.8 Å². The standard InChI is InChI=1S/C13H16N2O3S/c1-9-3-5-12(10(2)7-9)15-19(16,17)13-6-4-11(8-14)18-13/h3-7,15H,8,14H2,1-2H3. The van der Waals surface area contributed by atoms with Gasteiger partial charge in [0.15, 0.2) is 0 Å². The van der Waals surface area contributed by atoms with Crippen molar-refractivity contribution in [3.8, 4) is 0 Å². The Kier molecular flexibility index (Phi) is 3.64. The summed E-state index contributed by atoms with van der Waals surface area (Å²) in [6, 6.07) is 8.43. The van der Waals surface area contributed by atoms with Crippen molar-refractivity contribution in [1.82, 2.24) is 0 Å². The first kappa shape index (κ1) is 13.6. The third kappa shape index (κ3) is 2.97. The van der Waals surface area contributed by atoms with E-state index in [1.54, 1.807) is 12.1 Å². The molecule has 0 atom stereocenters. The molecule has 0 saturated heterocycles. The molecule has 0 aliphatic carbocycles. The first-order valence-corrected chi connectivity index (χ1v) is 7.29. The van der Waals surface area contributed by atoms with Gasteiger partial charge in [0, 0.05) is 0 Å². The molecule has 2 aromatic rings. The van der Waals surface area contributed by atoms with Gasteiger partial charge in [0.1, 0.15) is 5.76 Å². The maximum absolute atomic E-state index is 12.1. The zero-order valence-corrected chi connectivity index (χ0v) is 11.6. The Morgan fingerprint density at radius 3 is 2.53 bits per heavy atom. The molecule has 0 spiro atoms. The molecule has 5 nitrogen and oxygen atoms in total. The Balaban J connectivity index is 2.30. The molecule has 1 aromatic heterocycles. The maximum atomic E-state index is 12.1. The van der Waals surface area contributed by atoms with Crippen molar-refractivity contribution in [3.05, 3.63) is 47.2 Å². The Morgan fingerprint density at radius 1 is 1.21 bits per heavy atom. The number of nitrogens with one attached hydrogen (secondary N) is 1. The van der Waals surface area contributed by atoms with Gasteiger partial charge in [0.25, 0.3) is 10.0 Å². The van der Waals surface area contributed by atoms with E-state index in [2.05, 4.69) is 4.72 Å². The van der Waals surface area contributed by atoms with Crippen LogP contribution in [0, 0.1) is 13.8 Å². The molecule has 0 unspecified atom stereocenters. The lowest BCUT2D eigenvalue weighted by Gasteiger charge is -2.09. The van der Waals surface area contributed by atoms with Crippen LogP contribution in [0.1, 0.15) is 16.9 Å². The Morgan fingerprint density at radius 2 is 1.95 bits per heavy atom. The molecule has 0 amide bonds. The van der Waals surface area contributed by atoms with Gasteiger partial charge in [-0.3, -0.25) is 4.72 Å². The second-order valence-corrected chi connectivity index (χ2v) is 5.96. The van der Waals surface area contributed by atoms with Crippen LogP contribution in [-0.2, 0) is 16.6 Å². The van der Waals surface area contributed by atoms with Gasteiger partial charge in [0.2, 0.25) is 5.09 Å². The number of rotatable bonds is 4. The van der Waals surface area contributed by atoms with Crippen LogP contribution < -0.4 is 10.5 Å². The molecule has 0 saturated carbocycles. The van der Waals surface area contributed by atoms with Crippen LogP contribution in [-0.4, -0.2) is 8.42 Å². The van der Waals surface area contributed by atoms with Gasteiger partial charge in [0.05, 0.1) is 12.2 Å². The second-order valence-electron chi connectivity index (χ2n) is 4.35. The molecule has 0 bridgehead atoms. The van der Waals surface area contributed by atoms with E-state index in [0.29, 0.717) is 11.4 Å². The number of aryl methyl sites for hydroxylation is 2. The number of hydrogen-bond acceptors (Lipinski definition) is 4. The number of sulfonamides is 1. The van der Waals surface area contributed by atoms with Gasteiger partial charge in [-0.25, -0.2) is 0 Å². The summed E-state index contributed by atoms with van der Waals surface area (Å²) in [5, 5.41) is -0.132. The number of furan rings is 1. The molecule has 19 heavy (non-hydrogen) atoms. The van der Waals surface area contributed by atoms with Gasteiger partial charge >= 0.3 is 0 Å². The van der Waals surface area contributed by atoms with E-state index >= 15 is 0 Å². The monoisotopic (exact) mass is 280 g/mol. The fourth-order valence-electron chi connectivity index (χ4n) is 1.74. The molecule has 3 N–H and O–H groups in total. The molecule has 6 heteroatoms. The summed E-state index contributed by atoms with van der Waals surface area (Å²) < 4.78 is 31.9. The lowest BCUT2D eigenvalue weighted by molar-refractivity contribution is 0.417. The first-order valence-electron chi connectivity index (χ1n) is 5.81. The van der Waals surface area contributed by atoms with Crippen LogP contribution in [0.5, 0.6) is 0 Å². The van der Waals surface area contributed by atoms with Crippen molar-refractivity contribution in [2.24, 2.45) is 5.73 Å². The van der Waals surface area contributed by atoms with Crippen LogP contribution >= 0.6 is 0 Å². The summed E-state index contributed by atoms with van der Waals surface area (Å²) >= 11 is 0. The molecular formula is C13H16N2O3S. The summed E-state index contributed by atoms with van der Waals surface area (Å²) in [7, 11) is -3.71. The summed E-state index contributed by atoms with van der Waals surface area (Å²) in [6.07, 6.45) is 0. The predicted molar refractivity (Wildman–Crippen MR) is 73.3 cm³/mol. The van der Waals surface area contributed by atoms with Crippen molar-refractivity contribution in [2.75, 3.05) is 4.72 Å². The second kappa shape index (κ2) is 5.07. The molecule has 1 heterocycles. The van der Waals surface area contributed by atoms with E-state index in [0.717, 1.165) is 11.1 Å². The minimum Gasteiger partial charge on any atom is -0.446 e. The van der Waals surface area contributed by atoms with Crippen molar-refractivity contribution < 1.29 is 12.8 Å². The van der Waals surface area contributed by atoms with Crippen LogP contribution in [0.3, 0.4) is 0 Å². The largest absolute Gasteiger partial charge is 0.446 e. The minimum atomic E-state index is -3.71. The molecule has 0 fully saturated rings. The maximum Gasteiger partial charge on any atom is 0.295 e. The van der Waals surface area contributed by atoms with Gasteiger partial charge in [-0.15, -0.1) is 0 Å². The SMILES string of the molecule is Cc1ccc(NS(=O)(=O)c2ccc(CN)o2)c(C)c1. The van der Waals surface area contributed by atoms with Crippen molar-refractivity contribution in [3.63, 3.8) is 0 Å². The van der Waals surface area contributed by atoms with E-state index in [9.17, 15) is 8.42 Å². The number of hydrogen-bond donors (Lipinski definition) is 2. The minimum absolute atomic E-state index is 0.132. The summed E-state index contributed by atoms with van der Waals surface area (Å²) in [4.78, 5) is 0. The highest BCUT2D eigenvalue weighted by Crippen LogP contribution is 2.21. The highest BCUT2D eigenvalue weighted by Gasteiger charge is 2.19. The quantitative estimate of drug-likeness (QED) is 0.898. The number of benzene rings is 1. The zero-order chi connectivity index (χ0) is 14.0. The molecule has 1 aromatic carbocycles. The van der Waals surface area contributed by atoms with Gasteiger partial charge in [-0.05, 0) is 37.6 Å². The number of anilines is 1. The van der Waals surface area contributed by atoms with E-state index in [-0.39, 0.29) is 11.6 Å². The predicted octanol–water partition coefficient (Wildman–Crippen LogP) is 2.16. The molecule has 0 radical (unpaired) electrons. The Hall–Kier alpha value is -1.79. The summed E-state index contributed by atoms with van der Waals surface area (Å²) in [6.45, 7) is 3.96. The van der Waals surface area contributed by atoms with Gasteiger partial charge in [-0.1, -0.05) is 17.7 Å². The normalized spacial score (nSPS) is 11.5. The third-order valence-corrected chi connectivity index (χ3v) is 3.97. The highest BCUT2D eigenvalue weighted by molar-refractivity contribution is 7.92. The topological polar surface area (TPSA) is 85.3 Å². The average Bonchev–Trinajstić information content (AvgIpc) is 2.82. The van der Waals surface area contributed by atoms with E-state index in [4.69, 9.17) is 10.2 Å². The van der Waals surface area contributed by atoms with Gasteiger partial charge in [-0.2, -0.15) is 8.42 Å². The lowest BCUT2D eigenvalue weighted by Crippen LogP contribution is -2.13. The Bertz CT molecular complexity index is 690. The molecule has 0 aliphatic heterocycles. The van der Waals surface area contributed by atoms with E-state index < -0.39 is 10.0 Å². The molecular weight excluding hydrogens is 264 g/mol. The summed E-state index contributed by atoms with van der Waals surface area (Å²) in [5.74, 6) is 0.431. The van der Waals surface area contributed by atoms with Crippen molar-refractivity contribution >= 4 is 15.7 Å². The zero-order valence-electron chi connectivity index (χ0n) is 10.8. The fourth-order valence-corrected chi connectivity index (χ4v) is 2.82. The highest BCUT2D eigenvalue weighted by atomic mass is 32.2. The number of nitrogens with two attached hydrogens (primary N) is 1. The van der Waals surface area contributed by atoms with Crippen LogP contribution in [0.4, 0.5) is 5.69 Å². The van der Waals surface area contributed by atoms with E-state index in [1.807, 2.05) is 26.0 Å². The van der Waals surface area contributed by atoms with Gasteiger partial charge < -0.3 is 10.2 Å². The van der Waals surface area contributed by atoms with Crippen molar-refractivity contribution in [2.45, 2.75) is 25.5 Å². The lowest BCUT2D eigenvalue weighted by atomic mass is 10.1. The first-order chi connectivity index (χ1) is 8.92. The van der Waals surface area contributed by atoms with Crippen LogP contribution in [0.2, 0.25) is 0 Å². The van der Waals surface area contributed by atoms with E-state index in [1.165, 1.54) is 6.07 Å². The Labute approximate surface area is 112 Å². The fraction of sp³-hybridized carbons (Fsp3) is 0.231. The van der Waals surface area contributed by atoms with Crippen molar-refractivity contribution in [1.29, 1.82) is 0 Å². The molecule has 102 valence electrons. The summed E-state index contributed by atoms with van der Waals surface area (Å²) in [5.41, 5.74) is 7.86. The third-order valence-electron chi connectivity index (χ3n) is 2.73. The van der Waals surface area contributed by atoms with Crippen LogP contribution in [0.25, 0.3) is 0 Å². The average molecular weight is 280 g/mol. The molecule has 0 aliphatic rings.